The van der Waals surface area contributed by atoms with Crippen molar-refractivity contribution in [3.8, 4) is 0 Å². The second-order valence-corrected chi connectivity index (χ2v) is 6.65. The molecule has 0 radical (unpaired) electrons. The minimum absolute atomic E-state index is 0.0346. The van der Waals surface area contributed by atoms with Crippen LogP contribution in [-0.2, 0) is 16.1 Å². The molecule has 0 aliphatic heterocycles. The zero-order chi connectivity index (χ0) is 17.6. The molecule has 1 atom stereocenters. The second-order valence-electron chi connectivity index (χ2n) is 5.86. The van der Waals surface area contributed by atoms with Gasteiger partial charge in [-0.15, -0.1) is 0 Å². The largest absolute Gasteiger partial charge is 0.386 e. The van der Waals surface area contributed by atoms with Crippen LogP contribution in [0.2, 0.25) is 10.0 Å². The number of aryl methyl sites for hydroxylation is 1. The van der Waals surface area contributed by atoms with Crippen LogP contribution in [0.15, 0.2) is 47.6 Å². The van der Waals surface area contributed by atoms with Gasteiger partial charge in [-0.1, -0.05) is 64.8 Å². The van der Waals surface area contributed by atoms with Gasteiger partial charge in [-0.05, 0) is 36.5 Å². The lowest BCUT2D eigenvalue weighted by Gasteiger charge is -2.26. The zero-order valence-electron chi connectivity index (χ0n) is 13.5. The van der Waals surface area contributed by atoms with Gasteiger partial charge in [0.25, 0.3) is 5.91 Å². The molecule has 1 N–H and O–H groups in total. The van der Waals surface area contributed by atoms with Crippen molar-refractivity contribution in [2.75, 3.05) is 6.61 Å². The number of nitrogens with zero attached hydrogens (tertiary/aromatic N) is 1. The van der Waals surface area contributed by atoms with E-state index in [1.54, 1.807) is 18.2 Å². The lowest BCUT2D eigenvalue weighted by atomic mass is 9.88. The van der Waals surface area contributed by atoms with Crippen LogP contribution in [0.5, 0.6) is 0 Å². The van der Waals surface area contributed by atoms with E-state index in [-0.39, 0.29) is 18.6 Å². The first-order valence-electron chi connectivity index (χ1n) is 8.11. The van der Waals surface area contributed by atoms with Crippen LogP contribution in [0.4, 0.5) is 0 Å². The van der Waals surface area contributed by atoms with E-state index < -0.39 is 0 Å². The summed E-state index contributed by atoms with van der Waals surface area (Å²) in [6.45, 7) is -0.145. The number of amides is 1. The van der Waals surface area contributed by atoms with Crippen molar-refractivity contribution in [2.24, 2.45) is 5.16 Å². The highest BCUT2D eigenvalue weighted by atomic mass is 35.5. The molecular formula is C19H18Cl2N2O2. The standard InChI is InChI=1S/C19H18Cl2N2O2/c20-16-9-3-7-14(19(16)21)11-22-25-12-18(24)23-17-10-4-6-13-5-1-2-8-15(13)17/h1-3,5,7-9,11,17H,4,6,10,12H2,(H,23,24)/b22-11-/t17-/m1/s1. The predicted molar refractivity (Wildman–Crippen MR) is 100 cm³/mol. The maximum Gasteiger partial charge on any atom is 0.261 e. The minimum atomic E-state index is -0.198. The fraction of sp³-hybridized carbons (Fsp3) is 0.263. The Morgan fingerprint density at radius 2 is 2.08 bits per heavy atom. The summed E-state index contributed by atoms with van der Waals surface area (Å²) in [5.74, 6) is -0.198. The molecule has 1 amide bonds. The third-order valence-electron chi connectivity index (χ3n) is 4.15. The first-order chi connectivity index (χ1) is 12.1. The van der Waals surface area contributed by atoms with Crippen molar-refractivity contribution in [2.45, 2.75) is 25.3 Å². The molecule has 0 heterocycles. The topological polar surface area (TPSA) is 50.7 Å². The van der Waals surface area contributed by atoms with Crippen molar-refractivity contribution >= 4 is 35.3 Å². The molecule has 1 aliphatic carbocycles. The Morgan fingerprint density at radius 1 is 1.24 bits per heavy atom. The Labute approximate surface area is 156 Å². The van der Waals surface area contributed by atoms with E-state index in [2.05, 4.69) is 22.6 Å². The van der Waals surface area contributed by atoms with E-state index in [0.29, 0.717) is 15.6 Å². The molecular weight excluding hydrogens is 359 g/mol. The highest BCUT2D eigenvalue weighted by Gasteiger charge is 2.21. The van der Waals surface area contributed by atoms with Crippen molar-refractivity contribution in [1.82, 2.24) is 5.32 Å². The number of oxime groups is 1. The Balaban J connectivity index is 1.52. The normalized spacial score (nSPS) is 16.5. The number of halogens is 2. The van der Waals surface area contributed by atoms with Crippen LogP contribution in [0.25, 0.3) is 0 Å². The summed E-state index contributed by atoms with van der Waals surface area (Å²) in [4.78, 5) is 17.2. The maximum absolute atomic E-state index is 12.1. The molecule has 4 nitrogen and oxygen atoms in total. The van der Waals surface area contributed by atoms with Gasteiger partial charge in [0, 0.05) is 5.56 Å². The Kier molecular flexibility index (Phi) is 5.95. The number of carbonyl (C=O) groups is 1. The van der Waals surface area contributed by atoms with Crippen LogP contribution < -0.4 is 5.32 Å². The summed E-state index contributed by atoms with van der Waals surface area (Å²) in [7, 11) is 0. The summed E-state index contributed by atoms with van der Waals surface area (Å²) in [5, 5.41) is 7.65. The maximum atomic E-state index is 12.1. The summed E-state index contributed by atoms with van der Waals surface area (Å²) in [6.07, 6.45) is 4.50. The fourth-order valence-electron chi connectivity index (χ4n) is 2.95. The summed E-state index contributed by atoms with van der Waals surface area (Å²) < 4.78 is 0. The first-order valence-corrected chi connectivity index (χ1v) is 8.87. The van der Waals surface area contributed by atoms with Crippen LogP contribution in [0.3, 0.4) is 0 Å². The number of fused-ring (bicyclic) bond motifs is 1. The van der Waals surface area contributed by atoms with E-state index in [4.69, 9.17) is 28.0 Å². The van der Waals surface area contributed by atoms with Crippen LogP contribution >= 0.6 is 23.2 Å². The van der Waals surface area contributed by atoms with Gasteiger partial charge in [0.05, 0.1) is 22.3 Å². The van der Waals surface area contributed by atoms with E-state index >= 15 is 0 Å². The highest BCUT2D eigenvalue weighted by molar-refractivity contribution is 6.43. The number of rotatable bonds is 5. The van der Waals surface area contributed by atoms with Crippen molar-refractivity contribution in [1.29, 1.82) is 0 Å². The van der Waals surface area contributed by atoms with Gasteiger partial charge < -0.3 is 10.2 Å². The molecule has 0 aromatic heterocycles. The smallest absolute Gasteiger partial charge is 0.261 e. The molecule has 0 saturated carbocycles. The molecule has 0 bridgehead atoms. The molecule has 1 aliphatic rings. The Bertz CT molecular complexity index is 793. The number of hydrogen-bond acceptors (Lipinski definition) is 3. The quantitative estimate of drug-likeness (QED) is 0.615. The van der Waals surface area contributed by atoms with Gasteiger partial charge in [-0.3, -0.25) is 4.79 Å². The molecule has 0 spiro atoms. The van der Waals surface area contributed by atoms with E-state index in [1.165, 1.54) is 17.3 Å². The monoisotopic (exact) mass is 376 g/mol. The lowest BCUT2D eigenvalue weighted by Crippen LogP contribution is -2.33. The average molecular weight is 377 g/mol. The lowest BCUT2D eigenvalue weighted by molar-refractivity contribution is -0.126. The van der Waals surface area contributed by atoms with Crippen LogP contribution in [0, 0.1) is 0 Å². The second kappa shape index (κ2) is 8.37. The van der Waals surface area contributed by atoms with Gasteiger partial charge in [-0.25, -0.2) is 0 Å². The first kappa shape index (κ1) is 17.8. The summed E-state index contributed by atoms with van der Waals surface area (Å²) >= 11 is 12.0. The Morgan fingerprint density at radius 3 is 2.96 bits per heavy atom. The van der Waals surface area contributed by atoms with E-state index in [1.807, 2.05) is 12.1 Å². The molecule has 2 aromatic rings. The van der Waals surface area contributed by atoms with Crippen molar-refractivity contribution < 1.29 is 9.63 Å². The molecule has 2 aromatic carbocycles. The zero-order valence-corrected chi connectivity index (χ0v) is 15.1. The number of hydrogen-bond donors (Lipinski definition) is 1. The minimum Gasteiger partial charge on any atom is -0.386 e. The SMILES string of the molecule is O=C(CO/N=C\c1cccc(Cl)c1Cl)N[C@@H]1CCCc2ccccc21. The van der Waals surface area contributed by atoms with Crippen molar-refractivity contribution in [3.05, 3.63) is 69.2 Å². The molecule has 0 unspecified atom stereocenters. The third-order valence-corrected chi connectivity index (χ3v) is 4.98. The van der Waals surface area contributed by atoms with E-state index in [9.17, 15) is 4.79 Å². The molecule has 0 saturated heterocycles. The summed E-state index contributed by atoms with van der Waals surface area (Å²) in [6, 6.07) is 13.5. The van der Waals surface area contributed by atoms with Gasteiger partial charge in [0.15, 0.2) is 6.61 Å². The van der Waals surface area contributed by atoms with Crippen LogP contribution in [0.1, 0.15) is 35.6 Å². The van der Waals surface area contributed by atoms with Gasteiger partial charge >= 0.3 is 0 Å². The number of benzene rings is 2. The number of nitrogens with one attached hydrogen (secondary N) is 1. The molecule has 3 rings (SSSR count). The highest BCUT2D eigenvalue weighted by Crippen LogP contribution is 2.29. The van der Waals surface area contributed by atoms with Crippen molar-refractivity contribution in [3.63, 3.8) is 0 Å². The molecule has 25 heavy (non-hydrogen) atoms. The van der Waals surface area contributed by atoms with Gasteiger partial charge in [0.2, 0.25) is 0 Å². The molecule has 130 valence electrons. The summed E-state index contributed by atoms with van der Waals surface area (Å²) in [5.41, 5.74) is 3.13. The predicted octanol–water partition coefficient (Wildman–Crippen LogP) is 4.54. The van der Waals surface area contributed by atoms with E-state index in [0.717, 1.165) is 19.3 Å². The third kappa shape index (κ3) is 4.53. The van der Waals surface area contributed by atoms with Gasteiger partial charge in [-0.2, -0.15) is 0 Å². The van der Waals surface area contributed by atoms with Crippen LogP contribution in [-0.4, -0.2) is 18.7 Å². The average Bonchev–Trinajstić information content (AvgIpc) is 2.62. The molecule has 0 fully saturated rings. The fourth-order valence-corrected chi connectivity index (χ4v) is 3.31. The Hall–Kier alpha value is -2.04. The molecule has 6 heteroatoms. The van der Waals surface area contributed by atoms with Gasteiger partial charge in [0.1, 0.15) is 0 Å². The number of carbonyl (C=O) groups excluding carboxylic acids is 1.